The summed E-state index contributed by atoms with van der Waals surface area (Å²) in [4.78, 5) is 0. The first-order chi connectivity index (χ1) is 8.69. The highest BCUT2D eigenvalue weighted by molar-refractivity contribution is 5.22. The first-order valence-corrected chi connectivity index (χ1v) is 6.14. The van der Waals surface area contributed by atoms with Gasteiger partial charge in [-0.2, -0.15) is 5.10 Å². The number of aromatic nitrogens is 2. The summed E-state index contributed by atoms with van der Waals surface area (Å²) in [5.74, 6) is 0.798. The van der Waals surface area contributed by atoms with Crippen molar-refractivity contribution in [3.8, 4) is 5.75 Å². The molecule has 0 aliphatic rings. The summed E-state index contributed by atoms with van der Waals surface area (Å²) < 4.78 is 7.56. The molecule has 0 saturated carbocycles. The van der Waals surface area contributed by atoms with E-state index in [4.69, 9.17) is 10.5 Å². The molecule has 0 saturated heterocycles. The van der Waals surface area contributed by atoms with Crippen molar-refractivity contribution < 1.29 is 4.74 Å². The van der Waals surface area contributed by atoms with Gasteiger partial charge in [-0.25, -0.2) is 0 Å². The Balaban J connectivity index is 1.93. The maximum atomic E-state index is 5.68. The number of ether oxygens (including phenoxy) is 1. The molecule has 0 fully saturated rings. The molecule has 1 aromatic heterocycles. The smallest absolute Gasteiger partial charge is 0.157 e. The van der Waals surface area contributed by atoms with Crippen molar-refractivity contribution in [2.45, 2.75) is 33.0 Å². The van der Waals surface area contributed by atoms with E-state index < -0.39 is 0 Å². The maximum Gasteiger partial charge on any atom is 0.157 e. The summed E-state index contributed by atoms with van der Waals surface area (Å²) in [7, 11) is 0. The molecule has 2 rings (SSSR count). The highest BCUT2D eigenvalue weighted by Crippen LogP contribution is 2.14. The van der Waals surface area contributed by atoms with E-state index >= 15 is 0 Å². The van der Waals surface area contributed by atoms with E-state index in [-0.39, 0.29) is 0 Å². The summed E-state index contributed by atoms with van der Waals surface area (Å²) in [6.45, 7) is 5.29. The van der Waals surface area contributed by atoms with Gasteiger partial charge in [0.25, 0.3) is 0 Å². The molecule has 0 aliphatic heterocycles. The highest BCUT2D eigenvalue weighted by Gasteiger charge is 2.02. The second kappa shape index (κ2) is 5.69. The third-order valence-electron chi connectivity index (χ3n) is 2.77. The van der Waals surface area contributed by atoms with E-state index in [1.54, 1.807) is 6.20 Å². The topological polar surface area (TPSA) is 53.1 Å². The van der Waals surface area contributed by atoms with E-state index in [0.717, 1.165) is 16.9 Å². The molecule has 0 amide bonds. The fraction of sp³-hybridized carbons (Fsp3) is 0.357. The highest BCUT2D eigenvalue weighted by atomic mass is 16.5. The van der Waals surface area contributed by atoms with Crippen LogP contribution in [0.3, 0.4) is 0 Å². The van der Waals surface area contributed by atoms with Crippen LogP contribution in [-0.4, -0.2) is 9.78 Å². The van der Waals surface area contributed by atoms with Gasteiger partial charge in [-0.1, -0.05) is 24.3 Å². The lowest BCUT2D eigenvalue weighted by Crippen LogP contribution is -2.00. The van der Waals surface area contributed by atoms with E-state index in [1.807, 2.05) is 35.1 Å². The van der Waals surface area contributed by atoms with Crippen molar-refractivity contribution >= 4 is 0 Å². The number of rotatable bonds is 5. The molecular weight excluding hydrogens is 226 g/mol. The normalized spacial score (nSPS) is 10.9. The van der Waals surface area contributed by atoms with Gasteiger partial charge in [0.15, 0.2) is 5.75 Å². The van der Waals surface area contributed by atoms with Crippen LogP contribution in [-0.2, 0) is 13.2 Å². The molecule has 0 unspecified atom stereocenters. The van der Waals surface area contributed by atoms with Gasteiger partial charge >= 0.3 is 0 Å². The second-order valence-electron chi connectivity index (χ2n) is 4.56. The zero-order valence-electron chi connectivity index (χ0n) is 10.8. The first-order valence-electron chi connectivity index (χ1n) is 6.14. The molecule has 0 spiro atoms. The Hall–Kier alpha value is -1.81. The summed E-state index contributed by atoms with van der Waals surface area (Å²) in [5.41, 5.74) is 7.81. The van der Waals surface area contributed by atoms with Gasteiger partial charge in [0.05, 0.1) is 12.4 Å². The van der Waals surface area contributed by atoms with Crippen molar-refractivity contribution in [1.82, 2.24) is 9.78 Å². The van der Waals surface area contributed by atoms with Crippen LogP contribution in [0.2, 0.25) is 0 Å². The Morgan fingerprint density at radius 3 is 2.44 bits per heavy atom. The Morgan fingerprint density at radius 2 is 1.89 bits per heavy atom. The van der Waals surface area contributed by atoms with Gasteiger partial charge in [0.2, 0.25) is 0 Å². The Morgan fingerprint density at radius 1 is 1.22 bits per heavy atom. The zero-order chi connectivity index (χ0) is 13.0. The Bertz CT molecular complexity index is 488. The number of hydrogen-bond donors (Lipinski definition) is 1. The molecule has 1 heterocycles. The summed E-state index contributed by atoms with van der Waals surface area (Å²) >= 11 is 0. The van der Waals surface area contributed by atoms with Crippen molar-refractivity contribution in [2.75, 3.05) is 0 Å². The monoisotopic (exact) mass is 245 g/mol. The molecular formula is C14H19N3O. The minimum atomic E-state index is 0.353. The molecule has 4 nitrogen and oxygen atoms in total. The Labute approximate surface area is 107 Å². The van der Waals surface area contributed by atoms with Gasteiger partial charge in [-0.15, -0.1) is 0 Å². The van der Waals surface area contributed by atoms with Crippen molar-refractivity contribution in [3.63, 3.8) is 0 Å². The van der Waals surface area contributed by atoms with Crippen molar-refractivity contribution in [1.29, 1.82) is 0 Å². The van der Waals surface area contributed by atoms with Crippen LogP contribution in [0, 0.1) is 0 Å². The number of nitrogens with zero attached hydrogens (tertiary/aromatic N) is 2. The average Bonchev–Trinajstić information content (AvgIpc) is 2.86. The third-order valence-corrected chi connectivity index (χ3v) is 2.77. The summed E-state index contributed by atoms with van der Waals surface area (Å²) in [6.07, 6.45) is 3.66. The predicted octanol–water partition coefficient (Wildman–Crippen LogP) is 2.50. The van der Waals surface area contributed by atoms with Gasteiger partial charge in [0, 0.05) is 12.6 Å². The standard InChI is InChI=1S/C14H19N3O/c1-11(2)17-9-14(8-16-17)18-10-13-5-3-12(7-15)4-6-13/h3-6,8-9,11H,7,10,15H2,1-2H3. The molecule has 96 valence electrons. The van der Waals surface area contributed by atoms with Crippen LogP contribution < -0.4 is 10.5 Å². The predicted molar refractivity (Wildman–Crippen MR) is 71.3 cm³/mol. The number of hydrogen-bond acceptors (Lipinski definition) is 3. The Kier molecular flexibility index (Phi) is 3.99. The molecule has 0 bridgehead atoms. The second-order valence-corrected chi connectivity index (χ2v) is 4.56. The van der Waals surface area contributed by atoms with Crippen LogP contribution in [0.1, 0.15) is 31.0 Å². The third kappa shape index (κ3) is 3.11. The van der Waals surface area contributed by atoms with Crippen LogP contribution in [0.15, 0.2) is 36.7 Å². The van der Waals surface area contributed by atoms with E-state index in [0.29, 0.717) is 19.2 Å². The molecule has 18 heavy (non-hydrogen) atoms. The maximum absolute atomic E-state index is 5.68. The van der Waals surface area contributed by atoms with E-state index in [1.165, 1.54) is 0 Å². The lowest BCUT2D eigenvalue weighted by molar-refractivity contribution is 0.305. The number of benzene rings is 1. The molecule has 0 radical (unpaired) electrons. The molecule has 1 aromatic carbocycles. The summed E-state index contributed by atoms with van der Waals surface area (Å²) in [6, 6.07) is 8.47. The quantitative estimate of drug-likeness (QED) is 0.880. The fourth-order valence-electron chi connectivity index (χ4n) is 1.62. The fourth-order valence-corrected chi connectivity index (χ4v) is 1.62. The molecule has 0 aliphatic carbocycles. The largest absolute Gasteiger partial charge is 0.486 e. The van der Waals surface area contributed by atoms with Gasteiger partial charge in [0.1, 0.15) is 6.61 Å². The molecule has 0 atom stereocenters. The molecule has 2 aromatic rings. The molecule has 2 N–H and O–H groups in total. The van der Waals surface area contributed by atoms with Gasteiger partial charge in [-0.05, 0) is 25.0 Å². The van der Waals surface area contributed by atoms with E-state index in [2.05, 4.69) is 18.9 Å². The van der Waals surface area contributed by atoms with Gasteiger partial charge < -0.3 is 10.5 Å². The van der Waals surface area contributed by atoms with Crippen LogP contribution in [0.5, 0.6) is 5.75 Å². The average molecular weight is 245 g/mol. The van der Waals surface area contributed by atoms with Crippen molar-refractivity contribution in [3.05, 3.63) is 47.8 Å². The molecule has 4 heteroatoms. The van der Waals surface area contributed by atoms with Crippen LogP contribution >= 0.6 is 0 Å². The summed E-state index contributed by atoms with van der Waals surface area (Å²) in [5, 5.41) is 4.23. The zero-order valence-corrected chi connectivity index (χ0v) is 10.8. The lowest BCUT2D eigenvalue weighted by atomic mass is 10.1. The van der Waals surface area contributed by atoms with Crippen molar-refractivity contribution in [2.24, 2.45) is 5.73 Å². The van der Waals surface area contributed by atoms with E-state index in [9.17, 15) is 0 Å². The minimum Gasteiger partial charge on any atom is -0.486 e. The lowest BCUT2D eigenvalue weighted by Gasteiger charge is -2.05. The van der Waals surface area contributed by atoms with Crippen LogP contribution in [0.25, 0.3) is 0 Å². The first kappa shape index (κ1) is 12.6. The number of nitrogens with two attached hydrogens (primary N) is 1. The SMILES string of the molecule is CC(C)n1cc(OCc2ccc(CN)cc2)cn1. The minimum absolute atomic E-state index is 0.353. The van der Waals surface area contributed by atoms with Crippen LogP contribution in [0.4, 0.5) is 0 Å². The van der Waals surface area contributed by atoms with Gasteiger partial charge in [-0.3, -0.25) is 4.68 Å².